The summed E-state index contributed by atoms with van der Waals surface area (Å²) in [5.41, 5.74) is -5.15. The van der Waals surface area contributed by atoms with E-state index in [2.05, 4.69) is 5.11 Å². The largest absolute Gasteiger partial charge is 0.458 e. The number of rotatable bonds is 5. The molecule has 2 heterocycles. The van der Waals surface area contributed by atoms with E-state index in [1.807, 2.05) is 5.10 Å². The van der Waals surface area contributed by atoms with Gasteiger partial charge in [-0.25, -0.2) is 4.68 Å². The van der Waals surface area contributed by atoms with Crippen molar-refractivity contribution >= 4 is 17.3 Å². The van der Waals surface area contributed by atoms with Crippen molar-refractivity contribution < 1.29 is 36.1 Å². The highest BCUT2D eigenvalue weighted by Gasteiger charge is 2.57. The molecule has 0 spiro atoms. The second-order valence-electron chi connectivity index (χ2n) is 8.81. The number of para-hydroxylation sites is 2. The van der Waals surface area contributed by atoms with E-state index < -0.39 is 52.6 Å². The minimum atomic E-state index is -5.20. The standard InChI is InChI=1S/C27H17ClF6N4O2/c28-18-14-8-7-13-17(18)19(20-22(26(29,30)31)35-37(24(20)39)15-9-3-1-4-10-15)21-23(27(32,33)34)36-38(25(21)40)16-11-5-2-6-12-16/h1-14,19,22H,(H-,36,39,40)/p+1. The van der Waals surface area contributed by atoms with Gasteiger partial charge in [0.25, 0.3) is 5.56 Å². The van der Waals surface area contributed by atoms with E-state index in [0.29, 0.717) is 9.38 Å². The zero-order valence-electron chi connectivity index (χ0n) is 20.1. The molecule has 2 N–H and O–H groups in total. The van der Waals surface area contributed by atoms with Gasteiger partial charge in [-0.05, 0) is 33.6 Å². The normalized spacial score (nSPS) is 16.8. The highest BCUT2D eigenvalue weighted by atomic mass is 35.5. The van der Waals surface area contributed by atoms with Crippen LogP contribution in [0, 0.1) is 0 Å². The smallest absolute Gasteiger partial charge is 0.433 e. The molecule has 0 fully saturated rings. The second kappa shape index (κ2) is 10.0. The Kier molecular flexibility index (Phi) is 6.82. The SMILES string of the molecule is O=c1c(C(C2=C(O)[N+](c3ccccc3)=NC2C(F)(F)F)c2ccccc2Cl)c(C(F)(F)F)[nH]n1-c1ccccc1. The number of nitrogens with one attached hydrogen (secondary N) is 1. The lowest BCUT2D eigenvalue weighted by Crippen LogP contribution is -2.33. The van der Waals surface area contributed by atoms with Gasteiger partial charge in [0.15, 0.2) is 0 Å². The van der Waals surface area contributed by atoms with Crippen LogP contribution >= 0.6 is 11.6 Å². The van der Waals surface area contributed by atoms with Crippen LogP contribution in [-0.4, -0.2) is 31.8 Å². The second-order valence-corrected chi connectivity index (χ2v) is 9.22. The molecule has 0 bridgehead atoms. The van der Waals surface area contributed by atoms with E-state index in [0.717, 1.165) is 0 Å². The van der Waals surface area contributed by atoms with Crippen molar-refractivity contribution in [2.45, 2.75) is 24.3 Å². The number of aliphatic hydroxyl groups excluding tert-OH is 1. The Morgan fingerprint density at radius 2 is 1.48 bits per heavy atom. The summed E-state index contributed by atoms with van der Waals surface area (Å²) in [4.78, 5) is 13.7. The molecular weight excluding hydrogens is 562 g/mol. The number of benzene rings is 3. The average molecular weight is 580 g/mol. The molecule has 0 aliphatic carbocycles. The number of aromatic amines is 1. The topological polar surface area (TPSA) is 73.4 Å². The van der Waals surface area contributed by atoms with E-state index in [4.69, 9.17) is 11.6 Å². The molecule has 0 amide bonds. The molecule has 6 nitrogen and oxygen atoms in total. The predicted molar refractivity (Wildman–Crippen MR) is 133 cm³/mol. The Hall–Kier alpha value is -4.32. The van der Waals surface area contributed by atoms with Crippen LogP contribution in [0.25, 0.3) is 5.69 Å². The minimum absolute atomic E-state index is 0.00903. The fourth-order valence-corrected chi connectivity index (χ4v) is 4.89. The van der Waals surface area contributed by atoms with Crippen LogP contribution < -0.4 is 5.56 Å². The number of azo groups is 2. The summed E-state index contributed by atoms with van der Waals surface area (Å²) < 4.78 is 87.9. The zero-order valence-corrected chi connectivity index (χ0v) is 20.8. The number of hydrogen-bond donors (Lipinski definition) is 2. The number of H-pyrrole nitrogens is 1. The number of alkyl halides is 6. The monoisotopic (exact) mass is 579 g/mol. The number of aromatic nitrogens is 2. The lowest BCUT2D eigenvalue weighted by atomic mass is 9.81. The van der Waals surface area contributed by atoms with Crippen molar-refractivity contribution in [3.05, 3.63) is 129 Å². The minimum Gasteiger partial charge on any atom is -0.458 e. The quantitative estimate of drug-likeness (QED) is 0.190. The Morgan fingerprint density at radius 3 is 2.05 bits per heavy atom. The van der Waals surface area contributed by atoms with E-state index in [-0.39, 0.29) is 22.0 Å². The maximum absolute atomic E-state index is 14.5. The Balaban J connectivity index is 1.87. The van der Waals surface area contributed by atoms with E-state index in [1.165, 1.54) is 72.8 Å². The maximum Gasteiger partial charge on any atom is 0.433 e. The molecule has 5 rings (SSSR count). The first-order valence-corrected chi connectivity index (χ1v) is 12.0. The van der Waals surface area contributed by atoms with Gasteiger partial charge in [-0.15, -0.1) is 0 Å². The summed E-state index contributed by atoms with van der Waals surface area (Å²) in [5, 5.41) is 16.6. The molecule has 13 heteroatoms. The van der Waals surface area contributed by atoms with Gasteiger partial charge in [-0.2, -0.15) is 26.3 Å². The van der Waals surface area contributed by atoms with E-state index >= 15 is 0 Å². The van der Waals surface area contributed by atoms with Gasteiger partial charge in [-0.1, -0.05) is 66.2 Å². The van der Waals surface area contributed by atoms with Crippen molar-refractivity contribution in [3.63, 3.8) is 0 Å². The molecule has 0 radical (unpaired) electrons. The van der Waals surface area contributed by atoms with E-state index in [9.17, 15) is 36.2 Å². The highest BCUT2D eigenvalue weighted by molar-refractivity contribution is 6.31. The molecule has 0 saturated heterocycles. The summed E-state index contributed by atoms with van der Waals surface area (Å²) in [7, 11) is 0. The molecule has 40 heavy (non-hydrogen) atoms. The summed E-state index contributed by atoms with van der Waals surface area (Å²) in [6.07, 6.45) is -10.4. The predicted octanol–water partition coefficient (Wildman–Crippen LogP) is 7.48. The van der Waals surface area contributed by atoms with Gasteiger partial charge in [0.05, 0.1) is 22.7 Å². The molecule has 4 aromatic rings. The van der Waals surface area contributed by atoms with Crippen LogP contribution in [0.2, 0.25) is 5.02 Å². The third-order valence-corrected chi connectivity index (χ3v) is 6.68. The molecule has 0 saturated carbocycles. The maximum atomic E-state index is 14.5. The summed E-state index contributed by atoms with van der Waals surface area (Å²) in [6.45, 7) is 0. The van der Waals surface area contributed by atoms with Gasteiger partial charge in [0.2, 0.25) is 11.7 Å². The fraction of sp³-hybridized carbons (Fsp3) is 0.148. The molecule has 1 aliphatic rings. The molecule has 1 aromatic heterocycles. The van der Waals surface area contributed by atoms with Crippen LogP contribution in [0.15, 0.2) is 106 Å². The molecule has 3 aromatic carbocycles. The first kappa shape index (κ1) is 27.3. The number of nitrogens with zero attached hydrogens (tertiary/aromatic N) is 3. The number of halogens is 7. The highest BCUT2D eigenvalue weighted by Crippen LogP contribution is 2.48. The zero-order chi connectivity index (χ0) is 28.8. The van der Waals surface area contributed by atoms with Crippen molar-refractivity contribution in [1.29, 1.82) is 0 Å². The van der Waals surface area contributed by atoms with Crippen LogP contribution in [0.1, 0.15) is 22.7 Å². The number of hydrogen-bond acceptors (Lipinski definition) is 3. The van der Waals surface area contributed by atoms with E-state index in [1.54, 1.807) is 12.1 Å². The molecular formula is C27H18ClF6N4O2+. The fourth-order valence-electron chi connectivity index (χ4n) is 4.64. The van der Waals surface area contributed by atoms with Crippen LogP contribution in [0.5, 0.6) is 0 Å². The van der Waals surface area contributed by atoms with Gasteiger partial charge in [0, 0.05) is 17.2 Å². The van der Waals surface area contributed by atoms with Crippen molar-refractivity contribution in [1.82, 2.24) is 9.78 Å². The van der Waals surface area contributed by atoms with Crippen LogP contribution in [0.4, 0.5) is 32.0 Å². The molecule has 2 atom stereocenters. The third kappa shape index (κ3) is 4.79. The van der Waals surface area contributed by atoms with Crippen LogP contribution in [-0.2, 0) is 6.18 Å². The first-order valence-electron chi connectivity index (χ1n) is 11.7. The van der Waals surface area contributed by atoms with Gasteiger partial charge < -0.3 is 5.11 Å². The third-order valence-electron chi connectivity index (χ3n) is 6.34. The molecule has 2 unspecified atom stereocenters. The molecule has 1 aliphatic heterocycles. The summed E-state index contributed by atoms with van der Waals surface area (Å²) in [5.74, 6) is -3.17. The Bertz CT molecular complexity index is 1680. The van der Waals surface area contributed by atoms with Gasteiger partial charge in [-0.3, -0.25) is 9.89 Å². The summed E-state index contributed by atoms with van der Waals surface area (Å²) in [6, 6.07) is 16.9. The van der Waals surface area contributed by atoms with Crippen molar-refractivity contribution in [2.75, 3.05) is 0 Å². The lowest BCUT2D eigenvalue weighted by molar-refractivity contribution is -0.489. The van der Waals surface area contributed by atoms with Crippen molar-refractivity contribution in [3.8, 4) is 5.69 Å². The lowest BCUT2D eigenvalue weighted by Gasteiger charge is -2.22. The van der Waals surface area contributed by atoms with Crippen molar-refractivity contribution in [2.24, 2.45) is 5.11 Å². The van der Waals surface area contributed by atoms with Crippen LogP contribution in [0.3, 0.4) is 0 Å². The Morgan fingerprint density at radius 1 is 0.900 bits per heavy atom. The molecule has 206 valence electrons. The first-order chi connectivity index (χ1) is 18.9. The van der Waals surface area contributed by atoms with Gasteiger partial charge in [0.1, 0.15) is 5.69 Å². The summed E-state index contributed by atoms with van der Waals surface area (Å²) >= 11 is 6.32. The van der Waals surface area contributed by atoms with Gasteiger partial charge >= 0.3 is 18.2 Å². The number of aliphatic hydroxyl groups is 1. The Labute approximate surface area is 227 Å². The average Bonchev–Trinajstić information content (AvgIpc) is 3.44.